The van der Waals surface area contributed by atoms with Crippen molar-refractivity contribution < 1.29 is 32.5 Å². The molecular formula is C15H28FN2O6P. The van der Waals surface area contributed by atoms with E-state index in [0.717, 1.165) is 0 Å². The number of amides is 2. The van der Waals surface area contributed by atoms with Crippen LogP contribution in [0.3, 0.4) is 0 Å². The van der Waals surface area contributed by atoms with Crippen molar-refractivity contribution in [1.82, 2.24) is 10.2 Å². The third-order valence-electron chi connectivity index (χ3n) is 2.95. The maximum Gasteiger partial charge on any atom is 0.254 e. The number of hydrogen-bond donors (Lipinski definition) is 1. The van der Waals surface area contributed by atoms with Gasteiger partial charge in [-0.05, 0) is 20.8 Å². The van der Waals surface area contributed by atoms with Crippen LogP contribution in [0.2, 0.25) is 0 Å². The molecule has 0 aliphatic heterocycles. The fourth-order valence-corrected chi connectivity index (χ4v) is 2.80. The van der Waals surface area contributed by atoms with Crippen molar-refractivity contribution in [2.75, 3.05) is 33.7 Å². The van der Waals surface area contributed by atoms with Crippen LogP contribution in [0.5, 0.6) is 0 Å². The van der Waals surface area contributed by atoms with Gasteiger partial charge in [0.15, 0.2) is 21.0 Å². The SMILES string of the molecule is CCOP(COC(CC(F)N(C)/C=C(/C)C(=O)NC=O)OC)OCC. The van der Waals surface area contributed by atoms with E-state index in [-0.39, 0.29) is 24.8 Å². The summed E-state index contributed by atoms with van der Waals surface area (Å²) in [5.74, 6) is -0.590. The van der Waals surface area contributed by atoms with Crippen molar-refractivity contribution in [3.63, 3.8) is 0 Å². The highest BCUT2D eigenvalue weighted by atomic mass is 31.2. The van der Waals surface area contributed by atoms with Gasteiger partial charge in [0.25, 0.3) is 5.91 Å². The van der Waals surface area contributed by atoms with Crippen LogP contribution in [-0.4, -0.2) is 63.5 Å². The Labute approximate surface area is 149 Å². The molecule has 0 aliphatic rings. The summed E-state index contributed by atoms with van der Waals surface area (Å²) in [5, 5.41) is 1.99. The number of hydrogen-bond acceptors (Lipinski definition) is 7. The summed E-state index contributed by atoms with van der Waals surface area (Å²) < 4.78 is 35.8. The second-order valence-corrected chi connectivity index (χ2v) is 6.31. The molecule has 0 bridgehead atoms. The molecule has 0 heterocycles. The van der Waals surface area contributed by atoms with Gasteiger partial charge in [0.2, 0.25) is 6.41 Å². The van der Waals surface area contributed by atoms with Gasteiger partial charge in [0.1, 0.15) is 6.35 Å². The Morgan fingerprint density at radius 1 is 1.32 bits per heavy atom. The zero-order chi connectivity index (χ0) is 19.2. The van der Waals surface area contributed by atoms with Crippen LogP contribution in [-0.2, 0) is 28.1 Å². The number of methoxy groups -OCH3 is 1. The molecule has 2 atom stereocenters. The molecule has 0 saturated heterocycles. The summed E-state index contributed by atoms with van der Waals surface area (Å²) in [6, 6.07) is 0. The van der Waals surface area contributed by atoms with Gasteiger partial charge in [-0.25, -0.2) is 4.39 Å². The molecule has 146 valence electrons. The maximum absolute atomic E-state index is 14.3. The van der Waals surface area contributed by atoms with Crippen molar-refractivity contribution in [1.29, 1.82) is 0 Å². The molecule has 0 saturated carbocycles. The van der Waals surface area contributed by atoms with Gasteiger partial charge in [-0.3, -0.25) is 14.9 Å². The Morgan fingerprint density at radius 2 is 1.92 bits per heavy atom. The monoisotopic (exact) mass is 382 g/mol. The number of rotatable bonds is 14. The molecule has 0 fully saturated rings. The minimum absolute atomic E-state index is 0.0759. The highest BCUT2D eigenvalue weighted by molar-refractivity contribution is 7.47. The largest absolute Gasteiger partial charge is 0.356 e. The lowest BCUT2D eigenvalue weighted by Crippen LogP contribution is -2.31. The first-order valence-corrected chi connectivity index (χ1v) is 9.22. The van der Waals surface area contributed by atoms with Gasteiger partial charge >= 0.3 is 0 Å². The first-order valence-electron chi connectivity index (χ1n) is 7.86. The van der Waals surface area contributed by atoms with Crippen LogP contribution in [0, 0.1) is 0 Å². The Balaban J connectivity index is 4.55. The van der Waals surface area contributed by atoms with E-state index >= 15 is 0 Å². The Morgan fingerprint density at radius 3 is 2.40 bits per heavy atom. The third-order valence-corrected chi connectivity index (χ3v) is 4.40. The summed E-state index contributed by atoms with van der Waals surface area (Å²) in [5.41, 5.74) is 0.198. The van der Waals surface area contributed by atoms with Gasteiger partial charge in [-0.2, -0.15) is 0 Å². The molecule has 0 aromatic rings. The average molecular weight is 382 g/mol. The first-order chi connectivity index (χ1) is 11.9. The zero-order valence-corrected chi connectivity index (χ0v) is 16.3. The van der Waals surface area contributed by atoms with Crippen LogP contribution < -0.4 is 5.32 Å². The second kappa shape index (κ2) is 14.1. The maximum atomic E-state index is 14.3. The van der Waals surface area contributed by atoms with E-state index in [9.17, 15) is 14.0 Å². The molecule has 0 rings (SSSR count). The topological polar surface area (TPSA) is 86.3 Å². The number of carbonyl (C=O) groups excluding carboxylic acids is 2. The van der Waals surface area contributed by atoms with E-state index in [1.807, 2.05) is 19.2 Å². The molecule has 0 aromatic carbocycles. The van der Waals surface area contributed by atoms with Crippen molar-refractivity contribution >= 4 is 20.7 Å². The van der Waals surface area contributed by atoms with Crippen molar-refractivity contribution in [3.8, 4) is 0 Å². The minimum atomic E-state index is -1.45. The predicted octanol–water partition coefficient (Wildman–Crippen LogP) is 2.11. The second-order valence-electron chi connectivity index (χ2n) is 4.87. The summed E-state index contributed by atoms with van der Waals surface area (Å²) in [4.78, 5) is 22.9. The Bertz CT molecular complexity index is 421. The number of alkyl halides is 1. The number of ether oxygens (including phenoxy) is 2. The molecule has 0 aromatic heterocycles. The Hall–Kier alpha value is -1.12. The van der Waals surface area contributed by atoms with E-state index in [2.05, 4.69) is 0 Å². The van der Waals surface area contributed by atoms with Crippen LogP contribution in [0.15, 0.2) is 11.8 Å². The van der Waals surface area contributed by atoms with Crippen molar-refractivity contribution in [2.24, 2.45) is 0 Å². The number of carbonyl (C=O) groups is 2. The van der Waals surface area contributed by atoms with E-state index in [1.165, 1.54) is 32.2 Å². The van der Waals surface area contributed by atoms with Crippen LogP contribution in [0.4, 0.5) is 4.39 Å². The Kier molecular flexibility index (Phi) is 13.5. The normalized spacial score (nSPS) is 14.3. The standard InChI is InChI=1S/C15H28FN2O6P/c1-6-23-25(24-7-2)11-22-14(21-5)8-13(16)18(4)9-12(3)15(20)17-10-19/h9-10,13-14H,6-8,11H2,1-5H3,(H,17,19,20)/b12-9-. The molecule has 0 aliphatic carbocycles. The number of imide groups is 1. The highest BCUT2D eigenvalue weighted by Crippen LogP contribution is 2.38. The van der Waals surface area contributed by atoms with E-state index in [0.29, 0.717) is 13.2 Å². The van der Waals surface area contributed by atoms with Gasteiger partial charge in [-0.15, -0.1) is 0 Å². The number of halogens is 1. The number of nitrogens with zero attached hydrogens (tertiary/aromatic N) is 1. The van der Waals surface area contributed by atoms with Gasteiger partial charge in [0, 0.05) is 32.4 Å². The van der Waals surface area contributed by atoms with E-state index in [1.54, 1.807) is 0 Å². The van der Waals surface area contributed by atoms with Crippen LogP contribution in [0.25, 0.3) is 0 Å². The fraction of sp³-hybridized carbons (Fsp3) is 0.733. The van der Waals surface area contributed by atoms with Gasteiger partial charge in [-0.1, -0.05) is 0 Å². The summed E-state index contributed by atoms with van der Waals surface area (Å²) in [7, 11) is 1.69. The molecule has 2 amide bonds. The van der Waals surface area contributed by atoms with Gasteiger partial charge < -0.3 is 23.4 Å². The fourth-order valence-electron chi connectivity index (χ4n) is 1.71. The van der Waals surface area contributed by atoms with E-state index in [4.69, 9.17) is 18.5 Å². The summed E-state index contributed by atoms with van der Waals surface area (Å²) in [6.07, 6.45) is -0.564. The minimum Gasteiger partial charge on any atom is -0.356 e. The quantitative estimate of drug-likeness (QED) is 0.162. The number of nitrogens with one attached hydrogen (secondary N) is 1. The predicted molar refractivity (Wildman–Crippen MR) is 92.2 cm³/mol. The molecule has 8 nitrogen and oxygen atoms in total. The van der Waals surface area contributed by atoms with Crippen LogP contribution >= 0.6 is 8.38 Å². The van der Waals surface area contributed by atoms with Crippen molar-refractivity contribution in [3.05, 3.63) is 11.8 Å². The molecule has 0 spiro atoms. The van der Waals surface area contributed by atoms with Gasteiger partial charge in [0.05, 0.1) is 13.2 Å². The summed E-state index contributed by atoms with van der Waals surface area (Å²) >= 11 is 0. The first kappa shape index (κ1) is 23.9. The van der Waals surface area contributed by atoms with Crippen molar-refractivity contribution in [2.45, 2.75) is 39.8 Å². The molecule has 25 heavy (non-hydrogen) atoms. The molecule has 10 heteroatoms. The molecule has 1 N–H and O–H groups in total. The highest BCUT2D eigenvalue weighted by Gasteiger charge is 2.21. The lowest BCUT2D eigenvalue weighted by atomic mass is 10.3. The smallest absolute Gasteiger partial charge is 0.254 e. The van der Waals surface area contributed by atoms with Crippen LogP contribution in [0.1, 0.15) is 27.2 Å². The average Bonchev–Trinajstić information content (AvgIpc) is 2.58. The zero-order valence-electron chi connectivity index (χ0n) is 15.4. The lowest BCUT2D eigenvalue weighted by molar-refractivity contribution is -0.133. The van der Waals surface area contributed by atoms with E-state index < -0.39 is 26.9 Å². The molecular weight excluding hydrogens is 354 g/mol. The molecule has 0 radical (unpaired) electrons. The lowest BCUT2D eigenvalue weighted by Gasteiger charge is -2.25. The third kappa shape index (κ3) is 10.5. The molecule has 2 unspecified atom stereocenters. The summed E-state index contributed by atoms with van der Waals surface area (Å²) in [6.45, 7) is 6.17.